The molecule has 0 saturated heterocycles. The summed E-state index contributed by atoms with van der Waals surface area (Å²) in [6.07, 6.45) is 11.5. The van der Waals surface area contributed by atoms with Crippen LogP contribution in [0.3, 0.4) is 0 Å². The average Bonchev–Trinajstić information content (AvgIpc) is 2.19. The summed E-state index contributed by atoms with van der Waals surface area (Å²) in [6.45, 7) is 10.9. The van der Waals surface area contributed by atoms with Crippen molar-refractivity contribution in [3.8, 4) is 0 Å². The van der Waals surface area contributed by atoms with E-state index in [1.165, 1.54) is 56.9 Å². The van der Waals surface area contributed by atoms with E-state index in [1.54, 1.807) is 0 Å². The molecule has 0 radical (unpaired) electrons. The highest BCUT2D eigenvalue weighted by Gasteiger charge is 2.20. The molecule has 0 unspecified atom stereocenters. The summed E-state index contributed by atoms with van der Waals surface area (Å²) in [5.74, 6) is 2.89. The summed E-state index contributed by atoms with van der Waals surface area (Å²) in [6, 6.07) is 0. The van der Waals surface area contributed by atoms with E-state index in [1.807, 2.05) is 0 Å². The first-order chi connectivity index (χ1) is 7.58. The molecule has 0 spiro atoms. The molecule has 0 aromatic heterocycles. The van der Waals surface area contributed by atoms with Gasteiger partial charge in [0.1, 0.15) is 0 Å². The number of rotatable bonds is 6. The van der Waals surface area contributed by atoms with Crippen molar-refractivity contribution in [3.05, 3.63) is 12.2 Å². The van der Waals surface area contributed by atoms with Gasteiger partial charge in [0.2, 0.25) is 0 Å². The van der Waals surface area contributed by atoms with Crippen LogP contribution in [0.1, 0.15) is 72.1 Å². The summed E-state index contributed by atoms with van der Waals surface area (Å²) in [5, 5.41) is 0. The molecule has 0 atom stereocenters. The zero-order chi connectivity index (χ0) is 12.0. The van der Waals surface area contributed by atoms with E-state index >= 15 is 0 Å². The standard InChI is InChI=1S/C16H30/c1-13(2)6-5-7-15-8-10-16(11-9-15)12-14(3)4/h13,15-16H,3,5-12H2,1-2,4H3. The van der Waals surface area contributed by atoms with E-state index in [9.17, 15) is 0 Å². The second-order valence-corrected chi connectivity index (χ2v) is 6.37. The summed E-state index contributed by atoms with van der Waals surface area (Å²) < 4.78 is 0. The van der Waals surface area contributed by atoms with Crippen LogP contribution >= 0.6 is 0 Å². The van der Waals surface area contributed by atoms with Crippen LogP contribution in [0.25, 0.3) is 0 Å². The Bertz CT molecular complexity index is 194. The fourth-order valence-electron chi connectivity index (χ4n) is 3.03. The number of hydrogen-bond donors (Lipinski definition) is 0. The lowest BCUT2D eigenvalue weighted by molar-refractivity contribution is 0.255. The first kappa shape index (κ1) is 13.8. The minimum Gasteiger partial charge on any atom is -0.100 e. The monoisotopic (exact) mass is 222 g/mol. The fourth-order valence-corrected chi connectivity index (χ4v) is 3.03. The molecule has 1 aliphatic carbocycles. The zero-order valence-corrected chi connectivity index (χ0v) is 11.6. The normalized spacial score (nSPS) is 26.0. The molecule has 94 valence electrons. The lowest BCUT2D eigenvalue weighted by atomic mass is 9.77. The predicted octanol–water partition coefficient (Wildman–Crippen LogP) is 5.59. The van der Waals surface area contributed by atoms with E-state index in [0.717, 1.165) is 17.8 Å². The Hall–Kier alpha value is -0.260. The molecule has 0 nitrogen and oxygen atoms in total. The van der Waals surface area contributed by atoms with Gasteiger partial charge in [0, 0.05) is 0 Å². The molecule has 1 rings (SSSR count). The first-order valence-electron chi connectivity index (χ1n) is 7.22. The van der Waals surface area contributed by atoms with Gasteiger partial charge in [-0.15, -0.1) is 6.58 Å². The molecule has 1 saturated carbocycles. The maximum atomic E-state index is 4.04. The quantitative estimate of drug-likeness (QED) is 0.514. The van der Waals surface area contributed by atoms with Crippen molar-refractivity contribution in [1.82, 2.24) is 0 Å². The highest BCUT2D eigenvalue weighted by Crippen LogP contribution is 2.34. The van der Waals surface area contributed by atoms with Crippen LogP contribution in [-0.2, 0) is 0 Å². The van der Waals surface area contributed by atoms with E-state index < -0.39 is 0 Å². The average molecular weight is 222 g/mol. The summed E-state index contributed by atoms with van der Waals surface area (Å²) >= 11 is 0. The number of hydrogen-bond acceptors (Lipinski definition) is 0. The summed E-state index contributed by atoms with van der Waals surface area (Å²) in [5.41, 5.74) is 1.38. The van der Waals surface area contributed by atoms with E-state index in [-0.39, 0.29) is 0 Å². The Morgan fingerprint density at radius 1 is 1.12 bits per heavy atom. The van der Waals surface area contributed by atoms with Crippen LogP contribution in [0.2, 0.25) is 0 Å². The van der Waals surface area contributed by atoms with Crippen molar-refractivity contribution >= 4 is 0 Å². The molecule has 0 aromatic rings. The van der Waals surface area contributed by atoms with Crippen molar-refractivity contribution in [2.24, 2.45) is 17.8 Å². The maximum Gasteiger partial charge on any atom is -0.0297 e. The van der Waals surface area contributed by atoms with Gasteiger partial charge < -0.3 is 0 Å². The molecule has 16 heavy (non-hydrogen) atoms. The summed E-state index contributed by atoms with van der Waals surface area (Å²) in [4.78, 5) is 0. The molecule has 0 amide bonds. The van der Waals surface area contributed by atoms with Crippen LogP contribution in [0, 0.1) is 17.8 Å². The van der Waals surface area contributed by atoms with Crippen LogP contribution in [0.5, 0.6) is 0 Å². The van der Waals surface area contributed by atoms with Gasteiger partial charge in [-0.3, -0.25) is 0 Å². The number of allylic oxidation sites excluding steroid dienone is 1. The molecular weight excluding hydrogens is 192 g/mol. The van der Waals surface area contributed by atoms with Crippen molar-refractivity contribution in [2.45, 2.75) is 72.1 Å². The highest BCUT2D eigenvalue weighted by atomic mass is 14.3. The highest BCUT2D eigenvalue weighted by molar-refractivity contribution is 4.91. The lowest BCUT2D eigenvalue weighted by Crippen LogP contribution is -2.14. The van der Waals surface area contributed by atoms with E-state index in [2.05, 4.69) is 27.4 Å². The third-order valence-corrected chi connectivity index (χ3v) is 4.00. The predicted molar refractivity (Wildman–Crippen MR) is 73.6 cm³/mol. The molecule has 0 bridgehead atoms. The Kier molecular flexibility index (Phi) is 6.16. The van der Waals surface area contributed by atoms with Gasteiger partial charge in [0.05, 0.1) is 0 Å². The smallest absolute Gasteiger partial charge is 0.0297 e. The van der Waals surface area contributed by atoms with Gasteiger partial charge in [-0.05, 0) is 43.9 Å². The zero-order valence-electron chi connectivity index (χ0n) is 11.6. The Labute approximate surface area is 103 Å². The first-order valence-corrected chi connectivity index (χ1v) is 7.22. The SMILES string of the molecule is C=C(C)CC1CCC(CCCC(C)C)CC1. The fraction of sp³-hybridized carbons (Fsp3) is 0.875. The Morgan fingerprint density at radius 3 is 2.19 bits per heavy atom. The molecule has 0 aromatic carbocycles. The van der Waals surface area contributed by atoms with Gasteiger partial charge in [-0.2, -0.15) is 0 Å². The van der Waals surface area contributed by atoms with Crippen molar-refractivity contribution in [3.63, 3.8) is 0 Å². The Morgan fingerprint density at radius 2 is 1.69 bits per heavy atom. The van der Waals surface area contributed by atoms with Crippen LogP contribution in [-0.4, -0.2) is 0 Å². The minimum absolute atomic E-state index is 0.889. The van der Waals surface area contributed by atoms with Crippen LogP contribution in [0.15, 0.2) is 12.2 Å². The van der Waals surface area contributed by atoms with Gasteiger partial charge in [0.25, 0.3) is 0 Å². The second kappa shape index (κ2) is 7.14. The molecular formula is C16H30. The van der Waals surface area contributed by atoms with E-state index in [0.29, 0.717) is 0 Å². The molecule has 0 N–H and O–H groups in total. The van der Waals surface area contributed by atoms with E-state index in [4.69, 9.17) is 0 Å². The molecule has 0 heterocycles. The molecule has 1 fully saturated rings. The minimum atomic E-state index is 0.889. The van der Waals surface area contributed by atoms with Crippen molar-refractivity contribution in [2.75, 3.05) is 0 Å². The van der Waals surface area contributed by atoms with Gasteiger partial charge in [-0.25, -0.2) is 0 Å². The second-order valence-electron chi connectivity index (χ2n) is 6.37. The van der Waals surface area contributed by atoms with Crippen LogP contribution < -0.4 is 0 Å². The van der Waals surface area contributed by atoms with Gasteiger partial charge in [-0.1, -0.05) is 51.5 Å². The molecule has 0 aliphatic heterocycles. The largest absolute Gasteiger partial charge is 0.100 e. The topological polar surface area (TPSA) is 0 Å². The molecule has 0 heteroatoms. The maximum absolute atomic E-state index is 4.04. The van der Waals surface area contributed by atoms with Crippen LogP contribution in [0.4, 0.5) is 0 Å². The third kappa shape index (κ3) is 5.72. The molecule has 1 aliphatic rings. The van der Waals surface area contributed by atoms with Gasteiger partial charge in [0.15, 0.2) is 0 Å². The lowest BCUT2D eigenvalue weighted by Gasteiger charge is -2.28. The summed E-state index contributed by atoms with van der Waals surface area (Å²) in [7, 11) is 0. The third-order valence-electron chi connectivity index (χ3n) is 4.00. The Balaban J connectivity index is 2.10. The van der Waals surface area contributed by atoms with Crippen molar-refractivity contribution < 1.29 is 0 Å². The van der Waals surface area contributed by atoms with Gasteiger partial charge >= 0.3 is 0 Å². The van der Waals surface area contributed by atoms with Crippen molar-refractivity contribution in [1.29, 1.82) is 0 Å².